The third-order valence-corrected chi connectivity index (χ3v) is 8.75. The molecule has 8 nitrogen and oxygen atoms in total. The first-order valence-electron chi connectivity index (χ1n) is 15.4. The van der Waals surface area contributed by atoms with E-state index in [9.17, 15) is 10.5 Å². The van der Waals surface area contributed by atoms with Gasteiger partial charge in [-0.1, -0.05) is 72.8 Å². The van der Waals surface area contributed by atoms with E-state index >= 15 is 0 Å². The molecule has 0 radical (unpaired) electrons. The Morgan fingerprint density at radius 1 is 0.417 bits per heavy atom. The summed E-state index contributed by atoms with van der Waals surface area (Å²) in [5.74, 6) is 1.20. The van der Waals surface area contributed by atoms with Gasteiger partial charge in [0, 0.05) is 45.1 Å². The number of benzene rings is 4. The zero-order valence-electron chi connectivity index (χ0n) is 25.3. The van der Waals surface area contributed by atoms with Crippen LogP contribution in [-0.2, 0) is 0 Å². The third-order valence-electron chi connectivity index (χ3n) is 8.75. The monoisotopic (exact) mass is 614 g/mol. The van der Waals surface area contributed by atoms with E-state index in [2.05, 4.69) is 79.8 Å². The quantitative estimate of drug-likeness (QED) is 0.197. The Balaban J connectivity index is 1.47. The van der Waals surface area contributed by atoms with E-state index in [-0.39, 0.29) is 0 Å². The highest BCUT2D eigenvalue weighted by Gasteiger charge is 2.25. The number of hydrogen-bond donors (Lipinski definition) is 0. The van der Waals surface area contributed by atoms with Crippen LogP contribution in [0.25, 0.3) is 77.8 Å². The minimum absolute atomic E-state index is 0.313. The molecule has 5 aromatic heterocycles. The molecule has 9 aromatic rings. The second-order valence-electron chi connectivity index (χ2n) is 11.4. The molecule has 5 heterocycles. The number of hydrogen-bond acceptors (Lipinski definition) is 6. The average Bonchev–Trinajstić information content (AvgIpc) is 3.67. The smallest absolute Gasteiger partial charge is 0.165 e. The second kappa shape index (κ2) is 10.7. The van der Waals surface area contributed by atoms with Gasteiger partial charge in [0.25, 0.3) is 0 Å². The Labute approximate surface area is 274 Å². The van der Waals surface area contributed by atoms with Crippen LogP contribution in [0.3, 0.4) is 0 Å². The molecule has 0 fully saturated rings. The van der Waals surface area contributed by atoms with Gasteiger partial charge in [-0.2, -0.15) is 10.5 Å². The molecule has 0 bridgehead atoms. The van der Waals surface area contributed by atoms with Crippen molar-refractivity contribution in [3.63, 3.8) is 0 Å². The third kappa shape index (κ3) is 4.07. The van der Waals surface area contributed by atoms with Crippen LogP contribution in [0.1, 0.15) is 11.4 Å². The lowest BCUT2D eigenvalue weighted by Gasteiger charge is -2.18. The topological polar surface area (TPSA) is 109 Å². The Hall–Kier alpha value is -7.16. The van der Waals surface area contributed by atoms with Crippen LogP contribution in [0.2, 0.25) is 0 Å². The molecule has 9 rings (SSSR count). The van der Waals surface area contributed by atoms with E-state index in [0.29, 0.717) is 45.5 Å². The molecule has 4 aromatic carbocycles. The Morgan fingerprint density at radius 3 is 1.04 bits per heavy atom. The first kappa shape index (κ1) is 27.2. The van der Waals surface area contributed by atoms with Crippen molar-refractivity contribution in [2.75, 3.05) is 0 Å². The standard InChI is InChI=1S/C40H22N8/c41-21-27-19-17-25(23-43-27)37-39(47-33-13-5-1-9-29(33)30-10-2-6-14-34(30)47)45-38(26-18-20-28(22-42)44-24-26)40(46-37)48-35-15-7-3-11-31(35)32-12-4-8-16-36(32)48/h1-20,23-24H. The average molecular weight is 615 g/mol. The number of para-hydroxylation sites is 4. The summed E-state index contributed by atoms with van der Waals surface area (Å²) in [6, 6.07) is 44.4. The predicted octanol–water partition coefficient (Wildman–Crippen LogP) is 8.54. The van der Waals surface area contributed by atoms with Gasteiger partial charge in [0.2, 0.25) is 0 Å². The maximum Gasteiger partial charge on any atom is 0.165 e. The van der Waals surface area contributed by atoms with E-state index in [1.165, 1.54) is 0 Å². The minimum Gasteiger partial charge on any atom is -0.292 e. The maximum atomic E-state index is 9.54. The summed E-state index contributed by atoms with van der Waals surface area (Å²) in [4.78, 5) is 19.8. The molecule has 8 heteroatoms. The van der Waals surface area contributed by atoms with Crippen LogP contribution in [0.15, 0.2) is 134 Å². The normalized spacial score (nSPS) is 11.3. The van der Waals surface area contributed by atoms with Crippen molar-refractivity contribution in [1.82, 2.24) is 29.1 Å². The molecule has 0 aliphatic carbocycles. The molecule has 0 atom stereocenters. The van der Waals surface area contributed by atoms with Crippen molar-refractivity contribution in [3.05, 3.63) is 145 Å². The molecule has 0 aliphatic heterocycles. The predicted molar refractivity (Wildman–Crippen MR) is 187 cm³/mol. The summed E-state index contributed by atoms with van der Waals surface area (Å²) in [7, 11) is 0. The van der Waals surface area contributed by atoms with Gasteiger partial charge in [-0.05, 0) is 48.5 Å². The SMILES string of the molecule is N#Cc1ccc(-c2nc(-n3c4ccccc4c4ccccc43)c(-c3ccc(C#N)nc3)nc2-n2c3ccccc3c3ccccc32)cn1. The van der Waals surface area contributed by atoms with Gasteiger partial charge in [-0.25, -0.2) is 19.9 Å². The van der Waals surface area contributed by atoms with Gasteiger partial charge in [0.1, 0.15) is 34.9 Å². The lowest BCUT2D eigenvalue weighted by atomic mass is 10.1. The Morgan fingerprint density at radius 2 is 0.750 bits per heavy atom. The molecule has 0 aliphatic rings. The maximum absolute atomic E-state index is 9.54. The molecule has 0 unspecified atom stereocenters. The molecule has 0 amide bonds. The van der Waals surface area contributed by atoms with E-state index < -0.39 is 0 Å². The van der Waals surface area contributed by atoms with E-state index in [4.69, 9.17) is 9.97 Å². The van der Waals surface area contributed by atoms with Crippen LogP contribution >= 0.6 is 0 Å². The van der Waals surface area contributed by atoms with Crippen LogP contribution in [0.5, 0.6) is 0 Å². The van der Waals surface area contributed by atoms with Gasteiger partial charge in [-0.15, -0.1) is 0 Å². The molecule has 0 saturated heterocycles. The van der Waals surface area contributed by atoms with E-state index in [1.54, 1.807) is 24.5 Å². The molecular weight excluding hydrogens is 592 g/mol. The van der Waals surface area contributed by atoms with Gasteiger partial charge >= 0.3 is 0 Å². The number of nitriles is 2. The van der Waals surface area contributed by atoms with Crippen molar-refractivity contribution in [1.29, 1.82) is 10.5 Å². The van der Waals surface area contributed by atoms with Gasteiger partial charge in [0.05, 0.1) is 22.1 Å². The number of aromatic nitrogens is 6. The van der Waals surface area contributed by atoms with Gasteiger partial charge in [-0.3, -0.25) is 9.13 Å². The van der Waals surface area contributed by atoms with Crippen LogP contribution < -0.4 is 0 Å². The molecular formula is C40H22N8. The van der Waals surface area contributed by atoms with Crippen molar-refractivity contribution in [2.24, 2.45) is 0 Å². The summed E-state index contributed by atoms with van der Waals surface area (Å²) < 4.78 is 4.28. The highest BCUT2D eigenvalue weighted by atomic mass is 15.2. The summed E-state index contributed by atoms with van der Waals surface area (Å²) in [5.41, 5.74) is 7.15. The Kier molecular flexibility index (Phi) is 6.07. The van der Waals surface area contributed by atoms with Crippen molar-refractivity contribution >= 4 is 43.6 Å². The highest BCUT2D eigenvalue weighted by Crippen LogP contribution is 2.39. The van der Waals surface area contributed by atoms with E-state index in [1.807, 2.05) is 60.7 Å². The zero-order chi connectivity index (χ0) is 32.2. The van der Waals surface area contributed by atoms with Crippen molar-refractivity contribution in [2.45, 2.75) is 0 Å². The second-order valence-corrected chi connectivity index (χ2v) is 11.4. The van der Waals surface area contributed by atoms with Crippen molar-refractivity contribution < 1.29 is 0 Å². The summed E-state index contributed by atoms with van der Waals surface area (Å²) in [5, 5.41) is 23.4. The number of nitrogens with zero attached hydrogens (tertiary/aromatic N) is 8. The first-order chi connectivity index (χ1) is 23.7. The number of pyridine rings is 2. The first-order valence-corrected chi connectivity index (χ1v) is 15.4. The molecule has 0 spiro atoms. The fourth-order valence-corrected chi connectivity index (χ4v) is 6.62. The summed E-state index contributed by atoms with van der Waals surface area (Å²) >= 11 is 0. The highest BCUT2D eigenvalue weighted by molar-refractivity contribution is 6.11. The van der Waals surface area contributed by atoms with Crippen LogP contribution in [0, 0.1) is 22.7 Å². The largest absolute Gasteiger partial charge is 0.292 e. The lowest BCUT2D eigenvalue weighted by Crippen LogP contribution is -2.10. The Bertz CT molecular complexity index is 2490. The van der Waals surface area contributed by atoms with Gasteiger partial charge < -0.3 is 0 Å². The minimum atomic E-state index is 0.313. The van der Waals surface area contributed by atoms with Crippen LogP contribution in [0.4, 0.5) is 0 Å². The summed E-state index contributed by atoms with van der Waals surface area (Å²) in [6.07, 6.45) is 3.36. The lowest BCUT2D eigenvalue weighted by molar-refractivity contribution is 0.997. The number of rotatable bonds is 4. The van der Waals surface area contributed by atoms with Gasteiger partial charge in [0.15, 0.2) is 11.6 Å². The molecule has 0 N–H and O–H groups in total. The van der Waals surface area contributed by atoms with Crippen LogP contribution in [-0.4, -0.2) is 29.1 Å². The molecule has 48 heavy (non-hydrogen) atoms. The number of fused-ring (bicyclic) bond motifs is 6. The molecule has 0 saturated carbocycles. The fraction of sp³-hybridized carbons (Fsp3) is 0. The van der Waals surface area contributed by atoms with Crippen molar-refractivity contribution in [3.8, 4) is 46.3 Å². The molecule has 222 valence electrons. The van der Waals surface area contributed by atoms with E-state index in [0.717, 1.165) is 43.6 Å². The zero-order valence-corrected chi connectivity index (χ0v) is 25.3. The fourth-order valence-electron chi connectivity index (χ4n) is 6.62. The summed E-state index contributed by atoms with van der Waals surface area (Å²) in [6.45, 7) is 0.